The fourth-order valence-electron chi connectivity index (χ4n) is 4.37. The Hall–Kier alpha value is -4.46. The summed E-state index contributed by atoms with van der Waals surface area (Å²) in [7, 11) is 0. The summed E-state index contributed by atoms with van der Waals surface area (Å²) in [5.41, 5.74) is 1.14. The molecule has 0 unspecified atom stereocenters. The second-order valence-electron chi connectivity index (χ2n) is 7.83. The van der Waals surface area contributed by atoms with E-state index in [0.29, 0.717) is 28.2 Å². The number of aromatic hydroxyl groups is 2. The van der Waals surface area contributed by atoms with Crippen LogP contribution in [-0.4, -0.2) is 23.0 Å². The van der Waals surface area contributed by atoms with Gasteiger partial charge in [0.25, 0.3) is 0 Å². The molecule has 3 heterocycles. The first kappa shape index (κ1) is 19.2. The number of ether oxygens (including phenoxy) is 3. The van der Waals surface area contributed by atoms with Crippen LogP contribution in [0.5, 0.6) is 28.7 Å². The first-order valence-corrected chi connectivity index (χ1v) is 10.2. The summed E-state index contributed by atoms with van der Waals surface area (Å²) in [6, 6.07) is 15.5. The Morgan fingerprint density at radius 3 is 2.48 bits per heavy atom. The Bertz CT molecular complexity index is 1500. The highest BCUT2D eigenvalue weighted by molar-refractivity contribution is 5.96. The summed E-state index contributed by atoms with van der Waals surface area (Å²) in [6.07, 6.45) is -0.0643. The highest BCUT2D eigenvalue weighted by Gasteiger charge is 2.37. The molecule has 0 spiro atoms. The van der Waals surface area contributed by atoms with Crippen molar-refractivity contribution in [3.63, 3.8) is 0 Å². The number of esters is 1. The number of benzene rings is 3. The molecular formula is C25H16O8. The molecule has 0 radical (unpaired) electrons. The molecule has 1 atom stereocenters. The van der Waals surface area contributed by atoms with Gasteiger partial charge in [-0.15, -0.1) is 0 Å². The highest BCUT2D eigenvalue weighted by Crippen LogP contribution is 2.52. The Morgan fingerprint density at radius 1 is 0.879 bits per heavy atom. The van der Waals surface area contributed by atoms with Crippen LogP contribution in [0.2, 0.25) is 0 Å². The van der Waals surface area contributed by atoms with Crippen molar-refractivity contribution in [3.8, 4) is 40.1 Å². The Kier molecular flexibility index (Phi) is 4.10. The van der Waals surface area contributed by atoms with E-state index in [2.05, 4.69) is 0 Å². The predicted molar refractivity (Wildman–Crippen MR) is 116 cm³/mol. The SMILES string of the molecule is O=C1C[C@@H](c2ccc3c(c2)OCO3)c2c(c(O)c(O)c3c(=O)cc(-c4ccccc4)oc23)O1. The Balaban J connectivity index is 1.66. The lowest BCUT2D eigenvalue weighted by Gasteiger charge is -2.26. The Labute approximate surface area is 186 Å². The van der Waals surface area contributed by atoms with Crippen LogP contribution in [0.4, 0.5) is 0 Å². The van der Waals surface area contributed by atoms with E-state index in [1.165, 1.54) is 6.07 Å². The van der Waals surface area contributed by atoms with Crippen LogP contribution in [0, 0.1) is 0 Å². The number of carbonyl (C=O) groups is 1. The normalized spacial score (nSPS) is 16.5. The van der Waals surface area contributed by atoms with Crippen molar-refractivity contribution >= 4 is 16.9 Å². The van der Waals surface area contributed by atoms with Crippen LogP contribution in [0.3, 0.4) is 0 Å². The van der Waals surface area contributed by atoms with Gasteiger partial charge < -0.3 is 28.8 Å². The number of hydrogen-bond donors (Lipinski definition) is 2. The van der Waals surface area contributed by atoms with E-state index in [0.717, 1.165) is 0 Å². The van der Waals surface area contributed by atoms with E-state index in [1.54, 1.807) is 42.5 Å². The molecule has 0 amide bonds. The van der Waals surface area contributed by atoms with E-state index >= 15 is 0 Å². The van der Waals surface area contributed by atoms with Gasteiger partial charge in [-0.2, -0.15) is 0 Å². The van der Waals surface area contributed by atoms with Gasteiger partial charge in [-0.25, -0.2) is 0 Å². The van der Waals surface area contributed by atoms with Gasteiger partial charge in [0.1, 0.15) is 16.7 Å². The molecule has 33 heavy (non-hydrogen) atoms. The van der Waals surface area contributed by atoms with Crippen molar-refractivity contribution in [1.29, 1.82) is 0 Å². The standard InChI is InChI=1S/C25H16O8/c26-15-10-17(12-4-2-1-3-5-12)32-24-20-14(13-6-7-16-18(8-13)31-11-30-16)9-19(27)33-25(20)23(29)22(28)21(15)24/h1-8,10,14,28-29H,9,11H2/t14-/m0/s1. The van der Waals surface area contributed by atoms with Crippen molar-refractivity contribution < 1.29 is 33.6 Å². The maximum absolute atomic E-state index is 13.0. The topological polar surface area (TPSA) is 115 Å². The molecule has 2 N–H and O–H groups in total. The zero-order chi connectivity index (χ0) is 22.7. The molecule has 0 saturated carbocycles. The van der Waals surface area contributed by atoms with Gasteiger partial charge in [-0.1, -0.05) is 36.4 Å². The molecule has 1 aromatic heterocycles. The maximum Gasteiger partial charge on any atom is 0.312 e. The quantitative estimate of drug-likeness (QED) is 0.270. The Morgan fingerprint density at radius 2 is 1.67 bits per heavy atom. The molecule has 164 valence electrons. The van der Waals surface area contributed by atoms with Gasteiger partial charge >= 0.3 is 5.97 Å². The van der Waals surface area contributed by atoms with E-state index in [-0.39, 0.29) is 35.7 Å². The largest absolute Gasteiger partial charge is 0.504 e. The predicted octanol–water partition coefficient (Wildman–Crippen LogP) is 4.04. The fourth-order valence-corrected chi connectivity index (χ4v) is 4.37. The number of phenols is 2. The molecule has 3 aromatic carbocycles. The van der Waals surface area contributed by atoms with Gasteiger partial charge in [0, 0.05) is 17.5 Å². The second kappa shape index (κ2) is 7.03. The molecule has 4 aromatic rings. The minimum Gasteiger partial charge on any atom is -0.504 e. The van der Waals surface area contributed by atoms with E-state index in [9.17, 15) is 19.8 Å². The zero-order valence-electron chi connectivity index (χ0n) is 17.0. The van der Waals surface area contributed by atoms with Crippen molar-refractivity contribution in [2.75, 3.05) is 6.79 Å². The molecule has 0 fully saturated rings. The molecule has 8 nitrogen and oxygen atoms in total. The first-order chi connectivity index (χ1) is 16.0. The zero-order valence-corrected chi connectivity index (χ0v) is 17.0. The molecule has 0 aliphatic carbocycles. The summed E-state index contributed by atoms with van der Waals surface area (Å²) >= 11 is 0. The van der Waals surface area contributed by atoms with Crippen LogP contribution in [0.25, 0.3) is 22.3 Å². The molecule has 8 heteroatoms. The van der Waals surface area contributed by atoms with Crippen molar-refractivity contribution in [1.82, 2.24) is 0 Å². The van der Waals surface area contributed by atoms with Crippen molar-refractivity contribution in [2.24, 2.45) is 0 Å². The summed E-state index contributed by atoms with van der Waals surface area (Å²) < 4.78 is 22.3. The molecule has 2 aliphatic heterocycles. The van der Waals surface area contributed by atoms with E-state index < -0.39 is 28.8 Å². The molecule has 0 bridgehead atoms. The number of hydrogen-bond acceptors (Lipinski definition) is 8. The van der Waals surface area contributed by atoms with Crippen molar-refractivity contribution in [3.05, 3.63) is 75.9 Å². The smallest absolute Gasteiger partial charge is 0.312 e. The van der Waals surface area contributed by atoms with Gasteiger partial charge in [0.05, 0.1) is 12.0 Å². The van der Waals surface area contributed by atoms with Gasteiger partial charge in [0.2, 0.25) is 12.5 Å². The third-order valence-corrected chi connectivity index (χ3v) is 5.91. The summed E-state index contributed by atoms with van der Waals surface area (Å²) in [5.74, 6) is -1.46. The summed E-state index contributed by atoms with van der Waals surface area (Å²) in [5, 5.41) is 21.0. The van der Waals surface area contributed by atoms with E-state index in [1.807, 2.05) is 6.07 Å². The highest BCUT2D eigenvalue weighted by atomic mass is 16.7. The van der Waals surface area contributed by atoms with Gasteiger partial charge in [-0.3, -0.25) is 9.59 Å². The molecular weight excluding hydrogens is 428 g/mol. The van der Waals surface area contributed by atoms with Crippen LogP contribution in [0.1, 0.15) is 23.5 Å². The number of fused-ring (bicyclic) bond motifs is 4. The average Bonchev–Trinajstić information content (AvgIpc) is 3.30. The molecule has 2 aliphatic rings. The van der Waals surface area contributed by atoms with Crippen LogP contribution >= 0.6 is 0 Å². The lowest BCUT2D eigenvalue weighted by atomic mass is 9.84. The number of phenolic OH excluding ortho intramolecular Hbond substituents is 2. The monoisotopic (exact) mass is 444 g/mol. The van der Waals surface area contributed by atoms with E-state index in [4.69, 9.17) is 18.6 Å². The van der Waals surface area contributed by atoms with Crippen LogP contribution in [0.15, 0.2) is 63.8 Å². The lowest BCUT2D eigenvalue weighted by Crippen LogP contribution is -2.22. The lowest BCUT2D eigenvalue weighted by molar-refractivity contribution is -0.135. The minimum absolute atomic E-state index is 0.0434. The third-order valence-electron chi connectivity index (χ3n) is 5.91. The minimum atomic E-state index is -0.698. The average molecular weight is 444 g/mol. The number of carbonyl (C=O) groups excluding carboxylic acids is 1. The number of rotatable bonds is 2. The fraction of sp³-hybridized carbons (Fsp3) is 0.120. The molecule has 0 saturated heterocycles. The third kappa shape index (κ3) is 2.91. The summed E-state index contributed by atoms with van der Waals surface area (Å²) in [6.45, 7) is 0.0922. The van der Waals surface area contributed by atoms with Crippen LogP contribution < -0.4 is 19.6 Å². The van der Waals surface area contributed by atoms with Crippen molar-refractivity contribution in [2.45, 2.75) is 12.3 Å². The first-order valence-electron chi connectivity index (χ1n) is 10.2. The second-order valence-corrected chi connectivity index (χ2v) is 7.83. The maximum atomic E-state index is 13.0. The van der Waals surface area contributed by atoms with Gasteiger partial charge in [0.15, 0.2) is 28.4 Å². The van der Waals surface area contributed by atoms with Crippen LogP contribution in [-0.2, 0) is 4.79 Å². The van der Waals surface area contributed by atoms with Gasteiger partial charge in [-0.05, 0) is 17.7 Å². The molecule has 6 rings (SSSR count). The summed E-state index contributed by atoms with van der Waals surface area (Å²) in [4.78, 5) is 25.5.